The van der Waals surface area contributed by atoms with E-state index in [1.807, 2.05) is 24.3 Å². The van der Waals surface area contributed by atoms with Crippen molar-refractivity contribution in [3.05, 3.63) is 87.6 Å². The Morgan fingerprint density at radius 2 is 1.67 bits per heavy atom. The van der Waals surface area contributed by atoms with Gasteiger partial charge in [0.25, 0.3) is 5.91 Å². The molecule has 7 heteroatoms. The number of nitrogens with one attached hydrogen (secondary N) is 1. The van der Waals surface area contributed by atoms with E-state index in [9.17, 15) is 14.4 Å². The maximum Gasteiger partial charge on any atom is 0.339 e. The van der Waals surface area contributed by atoms with Gasteiger partial charge in [0.2, 0.25) is 5.78 Å². The second kappa shape index (κ2) is 10.4. The smallest absolute Gasteiger partial charge is 0.339 e. The first-order valence-corrected chi connectivity index (χ1v) is 10.2. The largest absolute Gasteiger partial charge is 0.496 e. The van der Waals surface area contributed by atoms with Crippen molar-refractivity contribution < 1.29 is 23.9 Å². The first-order valence-electron chi connectivity index (χ1n) is 9.33. The molecule has 0 fully saturated rings. The number of esters is 1. The minimum Gasteiger partial charge on any atom is -0.496 e. The van der Waals surface area contributed by atoms with E-state index in [-0.39, 0.29) is 16.9 Å². The number of amides is 1. The fourth-order valence-electron chi connectivity index (χ4n) is 2.91. The van der Waals surface area contributed by atoms with E-state index in [0.717, 1.165) is 11.3 Å². The lowest BCUT2D eigenvalue weighted by Crippen LogP contribution is -2.30. The van der Waals surface area contributed by atoms with Crippen molar-refractivity contribution >= 4 is 29.0 Å². The van der Waals surface area contributed by atoms with Crippen molar-refractivity contribution in [2.24, 2.45) is 0 Å². The summed E-state index contributed by atoms with van der Waals surface area (Å²) in [6.07, 6.45) is 0.585. The van der Waals surface area contributed by atoms with Crippen molar-refractivity contribution in [1.82, 2.24) is 5.32 Å². The van der Waals surface area contributed by atoms with Gasteiger partial charge in [0.1, 0.15) is 5.75 Å². The van der Waals surface area contributed by atoms with Crippen molar-refractivity contribution in [3.8, 4) is 5.75 Å². The van der Waals surface area contributed by atoms with E-state index in [2.05, 4.69) is 5.32 Å². The van der Waals surface area contributed by atoms with Gasteiger partial charge in [-0.05, 0) is 35.6 Å². The van der Waals surface area contributed by atoms with Crippen LogP contribution in [0.25, 0.3) is 0 Å². The van der Waals surface area contributed by atoms with Crippen LogP contribution in [0.5, 0.6) is 5.75 Å². The predicted octanol–water partition coefficient (Wildman–Crippen LogP) is 3.50. The predicted molar refractivity (Wildman–Crippen MR) is 114 cm³/mol. The van der Waals surface area contributed by atoms with Crippen LogP contribution >= 0.6 is 11.3 Å². The lowest BCUT2D eigenvalue weighted by molar-refractivity contribution is -0.124. The molecule has 1 N–H and O–H groups in total. The van der Waals surface area contributed by atoms with Crippen LogP contribution in [-0.2, 0) is 16.0 Å². The molecule has 154 valence electrons. The van der Waals surface area contributed by atoms with Gasteiger partial charge in [-0.1, -0.05) is 42.5 Å². The number of ether oxygens (including phenoxy) is 2. The molecule has 0 radical (unpaired) electrons. The van der Waals surface area contributed by atoms with E-state index in [1.54, 1.807) is 42.8 Å². The third-order valence-electron chi connectivity index (χ3n) is 4.38. The van der Waals surface area contributed by atoms with E-state index in [1.165, 1.54) is 17.4 Å². The summed E-state index contributed by atoms with van der Waals surface area (Å²) in [5.41, 5.74) is 1.36. The van der Waals surface area contributed by atoms with Crippen LogP contribution < -0.4 is 10.1 Å². The lowest BCUT2D eigenvalue weighted by Gasteiger charge is -2.10. The number of rotatable bonds is 9. The molecule has 1 aromatic heterocycles. The third kappa shape index (κ3) is 5.33. The van der Waals surface area contributed by atoms with Gasteiger partial charge in [-0.25, -0.2) is 4.79 Å². The Balaban J connectivity index is 1.53. The summed E-state index contributed by atoms with van der Waals surface area (Å²) in [6, 6.07) is 17.4. The maximum absolute atomic E-state index is 12.6. The molecule has 2 aromatic carbocycles. The van der Waals surface area contributed by atoms with Crippen LogP contribution in [0, 0.1) is 0 Å². The molecule has 0 unspecified atom stereocenters. The number of benzene rings is 2. The molecule has 0 atom stereocenters. The highest BCUT2D eigenvalue weighted by molar-refractivity contribution is 7.12. The SMILES string of the molecule is COc1ccccc1CCNC(=O)COC(=O)c1ccccc1C(=O)c1cccs1. The van der Waals surface area contributed by atoms with Crippen molar-refractivity contribution in [3.63, 3.8) is 0 Å². The molecule has 30 heavy (non-hydrogen) atoms. The van der Waals surface area contributed by atoms with Crippen LogP contribution in [0.15, 0.2) is 66.0 Å². The van der Waals surface area contributed by atoms with Crippen LogP contribution in [0.3, 0.4) is 0 Å². The standard InChI is InChI=1S/C23H21NO5S/c1-28-19-10-5-2-7-16(19)12-13-24-21(25)15-29-23(27)18-9-4-3-8-17(18)22(26)20-11-6-14-30-20/h2-11,14H,12-13,15H2,1H3,(H,24,25). The first kappa shape index (κ1) is 21.3. The Labute approximate surface area is 178 Å². The average Bonchev–Trinajstić information content (AvgIpc) is 3.32. The maximum atomic E-state index is 12.6. The highest BCUT2D eigenvalue weighted by atomic mass is 32.1. The molecule has 6 nitrogen and oxygen atoms in total. The van der Waals surface area contributed by atoms with E-state index >= 15 is 0 Å². The third-order valence-corrected chi connectivity index (χ3v) is 5.25. The summed E-state index contributed by atoms with van der Waals surface area (Å²) in [6.45, 7) is -0.0451. The number of methoxy groups -OCH3 is 1. The molecule has 0 aliphatic carbocycles. The topological polar surface area (TPSA) is 81.7 Å². The zero-order valence-electron chi connectivity index (χ0n) is 16.4. The van der Waals surface area contributed by atoms with Gasteiger partial charge in [0.15, 0.2) is 6.61 Å². The van der Waals surface area contributed by atoms with Gasteiger partial charge in [-0.15, -0.1) is 11.3 Å². The summed E-state index contributed by atoms with van der Waals surface area (Å²) in [4.78, 5) is 37.6. The molecule has 1 heterocycles. The highest BCUT2D eigenvalue weighted by Crippen LogP contribution is 2.19. The fraction of sp³-hybridized carbons (Fsp3) is 0.174. The molecule has 0 saturated heterocycles. The Kier molecular flexibility index (Phi) is 7.34. The molecule has 3 rings (SSSR count). The Morgan fingerprint density at radius 1 is 0.933 bits per heavy atom. The van der Waals surface area contributed by atoms with Gasteiger partial charge in [0, 0.05) is 12.1 Å². The quantitative estimate of drug-likeness (QED) is 0.421. The van der Waals surface area contributed by atoms with E-state index < -0.39 is 18.5 Å². The number of thiophene rings is 1. The Hall–Kier alpha value is -3.45. The minimum atomic E-state index is -0.713. The van der Waals surface area contributed by atoms with Crippen LogP contribution in [-0.4, -0.2) is 37.9 Å². The molecule has 0 bridgehead atoms. The summed E-state index contributed by atoms with van der Waals surface area (Å²) in [5, 5.41) is 4.51. The van der Waals surface area contributed by atoms with E-state index in [4.69, 9.17) is 9.47 Å². The zero-order chi connectivity index (χ0) is 21.3. The number of ketones is 1. The number of carbonyl (C=O) groups excluding carboxylic acids is 3. The Morgan fingerprint density at radius 3 is 2.40 bits per heavy atom. The molecular formula is C23H21NO5S. The normalized spacial score (nSPS) is 10.3. The highest BCUT2D eigenvalue weighted by Gasteiger charge is 2.20. The van der Waals surface area contributed by atoms with Crippen LogP contribution in [0.1, 0.15) is 31.2 Å². The number of carbonyl (C=O) groups is 3. The van der Waals surface area contributed by atoms with Crippen molar-refractivity contribution in [1.29, 1.82) is 0 Å². The average molecular weight is 423 g/mol. The monoisotopic (exact) mass is 423 g/mol. The van der Waals surface area contributed by atoms with Gasteiger partial charge in [-0.2, -0.15) is 0 Å². The summed E-state index contributed by atoms with van der Waals surface area (Å²) in [7, 11) is 1.60. The number of para-hydroxylation sites is 1. The first-order chi connectivity index (χ1) is 14.6. The van der Waals surface area contributed by atoms with Crippen molar-refractivity contribution in [2.75, 3.05) is 20.3 Å². The second-order valence-corrected chi connectivity index (χ2v) is 7.29. The van der Waals surface area contributed by atoms with Gasteiger partial charge < -0.3 is 14.8 Å². The van der Waals surface area contributed by atoms with Gasteiger partial charge in [0.05, 0.1) is 17.6 Å². The summed E-state index contributed by atoms with van der Waals surface area (Å²) < 4.78 is 10.4. The Bertz CT molecular complexity index is 1030. The molecule has 0 aliphatic heterocycles. The van der Waals surface area contributed by atoms with Gasteiger partial charge in [-0.3, -0.25) is 9.59 Å². The molecule has 3 aromatic rings. The summed E-state index contributed by atoms with van der Waals surface area (Å²) >= 11 is 1.30. The minimum absolute atomic E-state index is 0.137. The molecule has 0 aliphatic rings. The molecule has 0 spiro atoms. The lowest BCUT2D eigenvalue weighted by atomic mass is 10.0. The molecule has 1 amide bonds. The second-order valence-electron chi connectivity index (χ2n) is 6.34. The van der Waals surface area contributed by atoms with E-state index in [0.29, 0.717) is 17.8 Å². The van der Waals surface area contributed by atoms with Gasteiger partial charge >= 0.3 is 5.97 Å². The van der Waals surface area contributed by atoms with Crippen LogP contribution in [0.2, 0.25) is 0 Å². The molecule has 0 saturated carbocycles. The van der Waals surface area contributed by atoms with Crippen molar-refractivity contribution in [2.45, 2.75) is 6.42 Å². The summed E-state index contributed by atoms with van der Waals surface area (Å²) in [5.74, 6) is -0.625. The number of hydrogen-bond donors (Lipinski definition) is 1. The zero-order valence-corrected chi connectivity index (χ0v) is 17.2. The fourth-order valence-corrected chi connectivity index (χ4v) is 3.58. The number of hydrogen-bond acceptors (Lipinski definition) is 6. The van der Waals surface area contributed by atoms with Crippen LogP contribution in [0.4, 0.5) is 0 Å². The molecular weight excluding hydrogens is 402 g/mol.